The molecule has 4 nitrogen and oxygen atoms in total. The number of hydrogen-bond acceptors (Lipinski definition) is 3. The van der Waals surface area contributed by atoms with Crippen LogP contribution in [0.3, 0.4) is 0 Å². The van der Waals surface area contributed by atoms with Crippen molar-refractivity contribution in [2.24, 2.45) is 0 Å². The standard InChI is InChI=1S/C11H13BN2O2/c1-8-5-9(2)7-10(6-8)14-11(12(15)16)3-4-13-14/h3-7,15-16H,1-2H3. The van der Waals surface area contributed by atoms with E-state index in [1.54, 1.807) is 12.3 Å². The second-order valence-electron chi connectivity index (χ2n) is 3.89. The molecule has 0 unspecified atom stereocenters. The van der Waals surface area contributed by atoms with Gasteiger partial charge in [-0.25, -0.2) is 4.68 Å². The van der Waals surface area contributed by atoms with E-state index in [1.165, 1.54) is 4.68 Å². The molecule has 0 bridgehead atoms. The Morgan fingerprint density at radius 3 is 2.31 bits per heavy atom. The first-order valence-electron chi connectivity index (χ1n) is 5.06. The maximum atomic E-state index is 9.19. The van der Waals surface area contributed by atoms with E-state index in [9.17, 15) is 10.0 Å². The number of aromatic nitrogens is 2. The van der Waals surface area contributed by atoms with Crippen LogP contribution in [0, 0.1) is 13.8 Å². The fraction of sp³-hybridized carbons (Fsp3) is 0.182. The lowest BCUT2D eigenvalue weighted by atomic mass is 9.86. The van der Waals surface area contributed by atoms with Gasteiger partial charge in [-0.3, -0.25) is 0 Å². The maximum absolute atomic E-state index is 9.19. The molecule has 1 aromatic heterocycles. The van der Waals surface area contributed by atoms with Crippen LogP contribution in [0.5, 0.6) is 0 Å². The zero-order valence-corrected chi connectivity index (χ0v) is 9.25. The summed E-state index contributed by atoms with van der Waals surface area (Å²) in [5, 5.41) is 22.5. The molecule has 0 aliphatic rings. The molecule has 0 amide bonds. The Morgan fingerprint density at radius 2 is 1.75 bits per heavy atom. The third-order valence-electron chi connectivity index (χ3n) is 2.39. The number of hydrogen-bond donors (Lipinski definition) is 2. The molecule has 0 atom stereocenters. The van der Waals surface area contributed by atoms with Gasteiger partial charge in [-0.15, -0.1) is 0 Å². The maximum Gasteiger partial charge on any atom is 0.508 e. The quantitative estimate of drug-likeness (QED) is 0.703. The molecular weight excluding hydrogens is 203 g/mol. The highest BCUT2D eigenvalue weighted by atomic mass is 16.4. The normalized spacial score (nSPS) is 10.5. The molecule has 82 valence electrons. The molecular formula is C11H13BN2O2. The summed E-state index contributed by atoms with van der Waals surface area (Å²) in [4.78, 5) is 0. The van der Waals surface area contributed by atoms with Gasteiger partial charge in [0.2, 0.25) is 0 Å². The highest BCUT2D eigenvalue weighted by molar-refractivity contribution is 6.57. The van der Waals surface area contributed by atoms with E-state index in [-0.39, 0.29) is 0 Å². The van der Waals surface area contributed by atoms with Crippen LogP contribution in [-0.4, -0.2) is 26.9 Å². The lowest BCUT2D eigenvalue weighted by Gasteiger charge is -2.08. The van der Waals surface area contributed by atoms with Crippen LogP contribution in [0.4, 0.5) is 0 Å². The van der Waals surface area contributed by atoms with Crippen molar-refractivity contribution in [3.05, 3.63) is 41.6 Å². The lowest BCUT2D eigenvalue weighted by Crippen LogP contribution is -2.36. The summed E-state index contributed by atoms with van der Waals surface area (Å²) in [7, 11) is -1.51. The summed E-state index contributed by atoms with van der Waals surface area (Å²) >= 11 is 0. The van der Waals surface area contributed by atoms with E-state index < -0.39 is 7.12 Å². The fourth-order valence-electron chi connectivity index (χ4n) is 1.80. The SMILES string of the molecule is Cc1cc(C)cc(-n2nccc2B(O)O)c1. The van der Waals surface area contributed by atoms with Crippen LogP contribution in [0.15, 0.2) is 30.5 Å². The Morgan fingerprint density at radius 1 is 1.12 bits per heavy atom. The number of aryl methyl sites for hydroxylation is 2. The van der Waals surface area contributed by atoms with Gasteiger partial charge in [-0.2, -0.15) is 5.10 Å². The van der Waals surface area contributed by atoms with E-state index in [2.05, 4.69) is 11.2 Å². The first-order chi connectivity index (χ1) is 7.58. The summed E-state index contributed by atoms with van der Waals surface area (Å²) in [6.45, 7) is 3.99. The first-order valence-corrected chi connectivity index (χ1v) is 5.06. The van der Waals surface area contributed by atoms with Crippen molar-refractivity contribution in [3.8, 4) is 5.69 Å². The molecule has 16 heavy (non-hydrogen) atoms. The summed E-state index contributed by atoms with van der Waals surface area (Å²) in [5.74, 6) is 0. The Labute approximate surface area is 94.3 Å². The Hall–Kier alpha value is -1.59. The Kier molecular flexibility index (Phi) is 2.81. The van der Waals surface area contributed by atoms with Crippen molar-refractivity contribution in [2.45, 2.75) is 13.8 Å². The molecule has 0 spiro atoms. The van der Waals surface area contributed by atoms with Crippen molar-refractivity contribution in [1.82, 2.24) is 9.78 Å². The molecule has 0 saturated heterocycles. The molecule has 0 aliphatic carbocycles. The number of rotatable bonds is 2. The van der Waals surface area contributed by atoms with Crippen LogP contribution in [0.25, 0.3) is 5.69 Å². The van der Waals surface area contributed by atoms with Crippen LogP contribution >= 0.6 is 0 Å². The van der Waals surface area contributed by atoms with E-state index >= 15 is 0 Å². The van der Waals surface area contributed by atoms with Gasteiger partial charge in [0.1, 0.15) is 0 Å². The first kappa shape index (κ1) is 10.9. The topological polar surface area (TPSA) is 58.3 Å². The van der Waals surface area contributed by atoms with Crippen LogP contribution in [0.1, 0.15) is 11.1 Å². The zero-order valence-electron chi connectivity index (χ0n) is 9.25. The van der Waals surface area contributed by atoms with Gasteiger partial charge in [0, 0.05) is 6.20 Å². The molecule has 0 radical (unpaired) electrons. The summed E-state index contributed by atoms with van der Waals surface area (Å²) < 4.78 is 1.53. The highest BCUT2D eigenvalue weighted by Gasteiger charge is 2.17. The summed E-state index contributed by atoms with van der Waals surface area (Å²) in [5.41, 5.74) is 3.43. The molecule has 0 aliphatic heterocycles. The van der Waals surface area contributed by atoms with E-state index in [4.69, 9.17) is 0 Å². The summed E-state index contributed by atoms with van der Waals surface area (Å²) in [6, 6.07) is 7.54. The largest absolute Gasteiger partial charge is 0.508 e. The third kappa shape index (κ3) is 2.00. The van der Waals surface area contributed by atoms with Gasteiger partial charge in [0.25, 0.3) is 0 Å². The third-order valence-corrected chi connectivity index (χ3v) is 2.39. The molecule has 0 fully saturated rings. The van der Waals surface area contributed by atoms with Gasteiger partial charge in [-0.05, 0) is 43.2 Å². The average molecular weight is 216 g/mol. The summed E-state index contributed by atoms with van der Waals surface area (Å²) in [6.07, 6.45) is 1.55. The Bertz CT molecular complexity index is 488. The second kappa shape index (κ2) is 4.12. The van der Waals surface area contributed by atoms with Gasteiger partial charge in [0.15, 0.2) is 0 Å². The van der Waals surface area contributed by atoms with Crippen LogP contribution < -0.4 is 5.59 Å². The highest BCUT2D eigenvalue weighted by Crippen LogP contribution is 2.11. The smallest absolute Gasteiger partial charge is 0.422 e. The predicted molar refractivity (Wildman–Crippen MR) is 62.9 cm³/mol. The minimum atomic E-state index is -1.51. The molecule has 2 N–H and O–H groups in total. The van der Waals surface area contributed by atoms with Crippen molar-refractivity contribution in [2.75, 3.05) is 0 Å². The van der Waals surface area contributed by atoms with Crippen LogP contribution in [-0.2, 0) is 0 Å². The zero-order chi connectivity index (χ0) is 11.7. The molecule has 1 aromatic carbocycles. The molecule has 2 rings (SSSR count). The molecule has 2 aromatic rings. The molecule has 1 heterocycles. The fourth-order valence-corrected chi connectivity index (χ4v) is 1.80. The van der Waals surface area contributed by atoms with Gasteiger partial charge in [-0.1, -0.05) is 6.07 Å². The van der Waals surface area contributed by atoms with Gasteiger partial charge >= 0.3 is 7.12 Å². The van der Waals surface area contributed by atoms with E-state index in [0.717, 1.165) is 16.8 Å². The van der Waals surface area contributed by atoms with Crippen molar-refractivity contribution in [1.29, 1.82) is 0 Å². The average Bonchev–Trinajstić information content (AvgIpc) is 2.63. The number of benzene rings is 1. The molecule has 5 heteroatoms. The Balaban J connectivity index is 2.54. The van der Waals surface area contributed by atoms with E-state index in [1.807, 2.05) is 26.0 Å². The van der Waals surface area contributed by atoms with Gasteiger partial charge < -0.3 is 10.0 Å². The minimum absolute atomic E-state index is 0.366. The predicted octanol–water partition coefficient (Wildman–Crippen LogP) is 0.169. The molecule has 0 saturated carbocycles. The van der Waals surface area contributed by atoms with E-state index in [0.29, 0.717) is 5.59 Å². The monoisotopic (exact) mass is 216 g/mol. The lowest BCUT2D eigenvalue weighted by molar-refractivity contribution is 0.423. The second-order valence-corrected chi connectivity index (χ2v) is 3.89. The number of nitrogens with zero attached hydrogens (tertiary/aromatic N) is 2. The van der Waals surface area contributed by atoms with Crippen molar-refractivity contribution < 1.29 is 10.0 Å². The van der Waals surface area contributed by atoms with Crippen molar-refractivity contribution in [3.63, 3.8) is 0 Å². The minimum Gasteiger partial charge on any atom is -0.422 e. The van der Waals surface area contributed by atoms with Gasteiger partial charge in [0.05, 0.1) is 11.3 Å². The van der Waals surface area contributed by atoms with Crippen LogP contribution in [0.2, 0.25) is 0 Å². The van der Waals surface area contributed by atoms with Crippen molar-refractivity contribution >= 4 is 12.7 Å².